The number of carbonyl (C=O) groups is 2. The topological polar surface area (TPSA) is 76.5 Å². The molecule has 4 heterocycles. The SMILES string of the molecule is Cn1c(C2CCC2)nc2cc(C(=O)N3CCc4sccc4C3)cc(NC(=O)[C@@H]3CCCO3)c21. The Morgan fingerprint density at radius 3 is 2.85 bits per heavy atom. The number of fused-ring (bicyclic) bond motifs is 2. The molecular weight excluding hydrogens is 436 g/mol. The number of benzene rings is 1. The average Bonchev–Trinajstić information content (AvgIpc) is 3.52. The minimum atomic E-state index is -0.433. The largest absolute Gasteiger partial charge is 0.368 e. The van der Waals surface area contributed by atoms with Gasteiger partial charge in [-0.3, -0.25) is 9.59 Å². The van der Waals surface area contributed by atoms with Gasteiger partial charge in [0.05, 0.1) is 16.7 Å². The van der Waals surface area contributed by atoms with E-state index in [1.54, 1.807) is 11.3 Å². The molecule has 172 valence electrons. The van der Waals surface area contributed by atoms with Gasteiger partial charge < -0.3 is 19.5 Å². The van der Waals surface area contributed by atoms with Gasteiger partial charge in [-0.2, -0.15) is 0 Å². The number of amides is 2. The fourth-order valence-corrected chi connectivity index (χ4v) is 6.11. The van der Waals surface area contributed by atoms with Crippen LogP contribution in [0.3, 0.4) is 0 Å². The van der Waals surface area contributed by atoms with Gasteiger partial charge in [0.2, 0.25) is 0 Å². The second-order valence-electron chi connectivity index (χ2n) is 9.39. The van der Waals surface area contributed by atoms with Crippen LogP contribution in [0, 0.1) is 0 Å². The quantitative estimate of drug-likeness (QED) is 0.627. The van der Waals surface area contributed by atoms with Crippen molar-refractivity contribution < 1.29 is 14.3 Å². The second kappa shape index (κ2) is 8.25. The zero-order valence-corrected chi connectivity index (χ0v) is 19.6. The van der Waals surface area contributed by atoms with Gasteiger partial charge in [0, 0.05) is 43.1 Å². The van der Waals surface area contributed by atoms with Crippen molar-refractivity contribution in [2.45, 2.75) is 57.1 Å². The molecular formula is C25H28N4O3S. The van der Waals surface area contributed by atoms with Crippen LogP contribution in [0.25, 0.3) is 11.0 Å². The second-order valence-corrected chi connectivity index (χ2v) is 10.4. The summed E-state index contributed by atoms with van der Waals surface area (Å²) < 4.78 is 7.68. The standard InChI is InChI=1S/C25H28N4O3S/c1-28-22-18(26-23(28)15-4-2-5-15)12-17(13-19(22)27-24(30)20-6-3-10-32-20)25(31)29-9-7-21-16(14-29)8-11-33-21/h8,11-13,15,20H,2-7,9-10,14H2,1H3,(H,27,30)/t20-/m0/s1. The van der Waals surface area contributed by atoms with Crippen molar-refractivity contribution in [2.24, 2.45) is 7.05 Å². The number of nitrogens with one attached hydrogen (secondary N) is 1. The first-order chi connectivity index (χ1) is 16.1. The van der Waals surface area contributed by atoms with Crippen LogP contribution in [0.1, 0.15) is 64.6 Å². The zero-order chi connectivity index (χ0) is 22.5. The molecule has 7 nitrogen and oxygen atoms in total. The summed E-state index contributed by atoms with van der Waals surface area (Å²) in [5.74, 6) is 1.32. The molecule has 0 radical (unpaired) electrons. The number of aryl methyl sites for hydroxylation is 1. The lowest BCUT2D eigenvalue weighted by atomic mass is 9.85. The van der Waals surface area contributed by atoms with E-state index in [0.717, 1.165) is 49.0 Å². The fourth-order valence-electron chi connectivity index (χ4n) is 5.22. The Balaban J connectivity index is 1.37. The molecule has 6 rings (SSSR count). The lowest BCUT2D eigenvalue weighted by molar-refractivity contribution is -0.124. The summed E-state index contributed by atoms with van der Waals surface area (Å²) in [6.07, 6.45) is 5.57. The molecule has 1 saturated carbocycles. The Bertz CT molecular complexity index is 1240. The first kappa shape index (κ1) is 20.9. The molecule has 1 aromatic carbocycles. The van der Waals surface area contributed by atoms with Crippen molar-refractivity contribution in [2.75, 3.05) is 18.5 Å². The number of anilines is 1. The van der Waals surface area contributed by atoms with Gasteiger partial charge in [-0.15, -0.1) is 11.3 Å². The van der Waals surface area contributed by atoms with E-state index in [-0.39, 0.29) is 11.8 Å². The first-order valence-corrected chi connectivity index (χ1v) is 12.7. The highest BCUT2D eigenvalue weighted by atomic mass is 32.1. The molecule has 1 N–H and O–H groups in total. The lowest BCUT2D eigenvalue weighted by Gasteiger charge is -2.27. The molecule has 33 heavy (non-hydrogen) atoms. The van der Waals surface area contributed by atoms with E-state index in [1.807, 2.05) is 24.1 Å². The molecule has 2 amide bonds. The summed E-state index contributed by atoms with van der Waals surface area (Å²) in [6, 6.07) is 5.83. The van der Waals surface area contributed by atoms with Gasteiger partial charge in [-0.05, 0) is 61.2 Å². The number of ether oxygens (including phenoxy) is 1. The maximum Gasteiger partial charge on any atom is 0.254 e. The molecule has 1 atom stereocenters. The summed E-state index contributed by atoms with van der Waals surface area (Å²) in [7, 11) is 2.01. The van der Waals surface area contributed by atoms with Crippen molar-refractivity contribution in [3.63, 3.8) is 0 Å². The number of nitrogens with zero attached hydrogens (tertiary/aromatic N) is 3. The number of imidazole rings is 1. The normalized spacial score (nSPS) is 20.6. The molecule has 1 saturated heterocycles. The minimum Gasteiger partial charge on any atom is -0.368 e. The van der Waals surface area contributed by atoms with Crippen LogP contribution in [0.15, 0.2) is 23.6 Å². The number of thiophene rings is 1. The number of carbonyl (C=O) groups excluding carboxylic acids is 2. The van der Waals surface area contributed by atoms with Gasteiger partial charge >= 0.3 is 0 Å². The molecule has 8 heteroatoms. The van der Waals surface area contributed by atoms with E-state index < -0.39 is 6.10 Å². The maximum atomic E-state index is 13.5. The summed E-state index contributed by atoms with van der Waals surface area (Å²) in [5, 5.41) is 5.17. The lowest BCUT2D eigenvalue weighted by Crippen LogP contribution is -2.35. The molecule has 0 spiro atoms. The summed E-state index contributed by atoms with van der Waals surface area (Å²) in [4.78, 5) is 34.6. The summed E-state index contributed by atoms with van der Waals surface area (Å²) in [6.45, 7) is 1.95. The predicted octanol–water partition coefficient (Wildman–Crippen LogP) is 4.22. The highest BCUT2D eigenvalue weighted by Crippen LogP contribution is 2.38. The molecule has 2 aromatic heterocycles. The van der Waals surface area contributed by atoms with Crippen LogP contribution in [-0.2, 0) is 29.5 Å². The molecule has 0 bridgehead atoms. The van der Waals surface area contributed by atoms with Crippen LogP contribution in [0.4, 0.5) is 5.69 Å². The minimum absolute atomic E-state index is 0.0165. The average molecular weight is 465 g/mol. The van der Waals surface area contributed by atoms with Crippen LogP contribution < -0.4 is 5.32 Å². The molecule has 2 aliphatic heterocycles. The third kappa shape index (κ3) is 3.65. The van der Waals surface area contributed by atoms with E-state index in [4.69, 9.17) is 9.72 Å². The molecule has 2 fully saturated rings. The van der Waals surface area contributed by atoms with Crippen LogP contribution in [0.2, 0.25) is 0 Å². The zero-order valence-electron chi connectivity index (χ0n) is 18.8. The highest BCUT2D eigenvalue weighted by molar-refractivity contribution is 7.10. The Hall–Kier alpha value is -2.71. The first-order valence-electron chi connectivity index (χ1n) is 11.9. The number of rotatable bonds is 4. The maximum absolute atomic E-state index is 13.5. The van der Waals surface area contributed by atoms with E-state index in [1.165, 1.54) is 16.9 Å². The van der Waals surface area contributed by atoms with E-state index in [2.05, 4.69) is 21.3 Å². The molecule has 3 aromatic rings. The number of hydrogen-bond donors (Lipinski definition) is 1. The van der Waals surface area contributed by atoms with Crippen LogP contribution >= 0.6 is 11.3 Å². The highest BCUT2D eigenvalue weighted by Gasteiger charge is 2.29. The van der Waals surface area contributed by atoms with Gasteiger partial charge in [-0.1, -0.05) is 6.42 Å². The monoisotopic (exact) mass is 464 g/mol. The Morgan fingerprint density at radius 2 is 2.09 bits per heavy atom. The van der Waals surface area contributed by atoms with Gasteiger partial charge in [-0.25, -0.2) is 4.98 Å². The van der Waals surface area contributed by atoms with E-state index >= 15 is 0 Å². The van der Waals surface area contributed by atoms with Crippen molar-refractivity contribution in [3.05, 3.63) is 45.4 Å². The Labute approximate surface area is 196 Å². The number of hydrogen-bond acceptors (Lipinski definition) is 5. The van der Waals surface area contributed by atoms with Crippen molar-refractivity contribution in [1.29, 1.82) is 0 Å². The van der Waals surface area contributed by atoms with E-state index in [0.29, 0.717) is 36.9 Å². The molecule has 3 aliphatic rings. The summed E-state index contributed by atoms with van der Waals surface area (Å²) in [5.41, 5.74) is 4.09. The number of aromatic nitrogens is 2. The van der Waals surface area contributed by atoms with Crippen molar-refractivity contribution in [1.82, 2.24) is 14.5 Å². The smallest absolute Gasteiger partial charge is 0.254 e. The fraction of sp³-hybridized carbons (Fsp3) is 0.480. The Morgan fingerprint density at radius 1 is 1.21 bits per heavy atom. The molecule has 1 aliphatic carbocycles. The van der Waals surface area contributed by atoms with Crippen molar-refractivity contribution >= 4 is 39.9 Å². The van der Waals surface area contributed by atoms with Gasteiger partial charge in [0.1, 0.15) is 11.9 Å². The van der Waals surface area contributed by atoms with Crippen LogP contribution in [-0.4, -0.2) is 45.5 Å². The third-order valence-electron chi connectivity index (χ3n) is 7.30. The summed E-state index contributed by atoms with van der Waals surface area (Å²) >= 11 is 1.76. The predicted molar refractivity (Wildman–Crippen MR) is 128 cm³/mol. The Kier molecular flexibility index (Phi) is 5.22. The molecule has 0 unspecified atom stereocenters. The van der Waals surface area contributed by atoms with Gasteiger partial charge in [0.15, 0.2) is 0 Å². The van der Waals surface area contributed by atoms with E-state index in [9.17, 15) is 9.59 Å². The van der Waals surface area contributed by atoms with Gasteiger partial charge in [0.25, 0.3) is 11.8 Å². The van der Waals surface area contributed by atoms with Crippen LogP contribution in [0.5, 0.6) is 0 Å². The third-order valence-corrected chi connectivity index (χ3v) is 8.32. The van der Waals surface area contributed by atoms with Crippen molar-refractivity contribution in [3.8, 4) is 0 Å².